The van der Waals surface area contributed by atoms with Gasteiger partial charge >= 0.3 is 5.71 Å². The lowest BCUT2D eigenvalue weighted by Crippen LogP contribution is -2.10. The molecule has 0 radical (unpaired) electrons. The predicted molar refractivity (Wildman–Crippen MR) is 43.8 cm³/mol. The maximum atomic E-state index is 9.21. The zero-order valence-electron chi connectivity index (χ0n) is 6.41. The number of halogens is 1. The molecular formula is C7H7ClN2O2. The Balaban J connectivity index is 3.17. The third-order valence-corrected chi connectivity index (χ3v) is 1.89. The van der Waals surface area contributed by atoms with Crippen molar-refractivity contribution in [3.05, 3.63) is 28.2 Å². The molecule has 0 saturated carbocycles. The number of hydrogen-bond acceptors (Lipinski definition) is 2. The van der Waals surface area contributed by atoms with Gasteiger partial charge in [-0.1, -0.05) is 11.6 Å². The molecule has 0 aromatic carbocycles. The van der Waals surface area contributed by atoms with Gasteiger partial charge in [-0.2, -0.15) is 4.79 Å². The number of nitrogens with zero attached hydrogens (tertiary/aromatic N) is 2. The lowest BCUT2D eigenvalue weighted by molar-refractivity contribution is -0.00642. The van der Waals surface area contributed by atoms with Gasteiger partial charge in [-0.15, -0.1) is 0 Å². The molecule has 0 unspecified atom stereocenters. The van der Waals surface area contributed by atoms with Crippen molar-refractivity contribution in [2.75, 3.05) is 7.11 Å². The SMILES string of the molecule is COC1=C(Cl)C(=[N+]=[N-])CC=C1O. The summed E-state index contributed by atoms with van der Waals surface area (Å²) in [6, 6.07) is 0. The van der Waals surface area contributed by atoms with Crippen LogP contribution in [0.15, 0.2) is 22.6 Å². The molecule has 0 bridgehead atoms. The maximum Gasteiger partial charge on any atom is 0.318 e. The first-order valence-electron chi connectivity index (χ1n) is 3.25. The number of rotatable bonds is 1. The van der Waals surface area contributed by atoms with Crippen LogP contribution in [0.1, 0.15) is 6.42 Å². The summed E-state index contributed by atoms with van der Waals surface area (Å²) in [4.78, 5) is 2.95. The second-order valence-corrected chi connectivity index (χ2v) is 2.57. The van der Waals surface area contributed by atoms with Crippen LogP contribution in [0.5, 0.6) is 0 Å². The summed E-state index contributed by atoms with van der Waals surface area (Å²) in [5, 5.41) is 9.35. The summed E-state index contributed by atoms with van der Waals surface area (Å²) in [5.74, 6) is 0.102. The monoisotopic (exact) mass is 186 g/mol. The summed E-state index contributed by atoms with van der Waals surface area (Å²) in [5.41, 5.74) is 8.75. The number of methoxy groups -OCH3 is 1. The highest BCUT2D eigenvalue weighted by Crippen LogP contribution is 2.23. The Kier molecular flexibility index (Phi) is 2.53. The molecule has 0 aromatic heterocycles. The van der Waals surface area contributed by atoms with Crippen LogP contribution in [-0.4, -0.2) is 22.7 Å². The summed E-state index contributed by atoms with van der Waals surface area (Å²) in [7, 11) is 1.38. The first-order valence-corrected chi connectivity index (χ1v) is 3.63. The highest BCUT2D eigenvalue weighted by atomic mass is 35.5. The van der Waals surface area contributed by atoms with E-state index in [1.54, 1.807) is 0 Å². The minimum Gasteiger partial charge on any atom is -0.504 e. The van der Waals surface area contributed by atoms with Crippen molar-refractivity contribution in [2.45, 2.75) is 6.42 Å². The van der Waals surface area contributed by atoms with Crippen LogP contribution in [0.4, 0.5) is 0 Å². The fraction of sp³-hybridized carbons (Fsp3) is 0.286. The van der Waals surface area contributed by atoms with Gasteiger partial charge in [0.2, 0.25) is 0 Å². The van der Waals surface area contributed by atoms with Crippen LogP contribution in [0, 0.1) is 0 Å². The fourth-order valence-electron chi connectivity index (χ4n) is 0.898. The average Bonchev–Trinajstić information content (AvgIpc) is 2.06. The molecule has 1 N–H and O–H groups in total. The van der Waals surface area contributed by atoms with Crippen LogP contribution < -0.4 is 0 Å². The van der Waals surface area contributed by atoms with Gasteiger partial charge in [-0.25, -0.2) is 0 Å². The highest BCUT2D eigenvalue weighted by Gasteiger charge is 2.25. The third-order valence-electron chi connectivity index (χ3n) is 1.50. The van der Waals surface area contributed by atoms with E-state index in [2.05, 4.69) is 4.79 Å². The average molecular weight is 187 g/mol. The molecule has 0 amide bonds. The molecule has 64 valence electrons. The normalized spacial score (nSPS) is 17.2. The van der Waals surface area contributed by atoms with Gasteiger partial charge in [0.1, 0.15) is 0 Å². The minimum absolute atomic E-state index is 0.0325. The molecule has 0 spiro atoms. The van der Waals surface area contributed by atoms with E-state index in [1.165, 1.54) is 13.2 Å². The predicted octanol–water partition coefficient (Wildman–Crippen LogP) is 1.60. The van der Waals surface area contributed by atoms with Crippen LogP contribution in [0.2, 0.25) is 0 Å². The number of allylic oxidation sites excluding steroid dienone is 2. The molecule has 1 aliphatic rings. The van der Waals surface area contributed by atoms with E-state index < -0.39 is 0 Å². The Morgan fingerprint density at radius 3 is 2.92 bits per heavy atom. The summed E-state index contributed by atoms with van der Waals surface area (Å²) >= 11 is 5.71. The summed E-state index contributed by atoms with van der Waals surface area (Å²) in [6.45, 7) is 0. The zero-order valence-corrected chi connectivity index (χ0v) is 7.17. The van der Waals surface area contributed by atoms with E-state index in [9.17, 15) is 5.11 Å². The Bertz CT molecular complexity index is 313. The van der Waals surface area contributed by atoms with Crippen molar-refractivity contribution in [1.82, 2.24) is 0 Å². The number of ether oxygens (including phenoxy) is 1. The van der Waals surface area contributed by atoms with Crippen LogP contribution >= 0.6 is 11.6 Å². The van der Waals surface area contributed by atoms with Gasteiger partial charge in [0, 0.05) is 0 Å². The van der Waals surface area contributed by atoms with E-state index in [0.717, 1.165) is 0 Å². The Labute approximate surface area is 74.3 Å². The fourth-order valence-corrected chi connectivity index (χ4v) is 1.19. The van der Waals surface area contributed by atoms with Gasteiger partial charge in [-0.05, 0) is 6.08 Å². The van der Waals surface area contributed by atoms with Crippen molar-refractivity contribution < 1.29 is 14.6 Å². The van der Waals surface area contributed by atoms with Crippen molar-refractivity contribution in [1.29, 1.82) is 0 Å². The first kappa shape index (κ1) is 8.84. The second kappa shape index (κ2) is 3.43. The molecule has 1 rings (SSSR count). The van der Waals surface area contributed by atoms with E-state index in [1.807, 2.05) is 0 Å². The molecule has 0 fully saturated rings. The lowest BCUT2D eigenvalue weighted by Gasteiger charge is -2.09. The smallest absolute Gasteiger partial charge is 0.318 e. The zero-order chi connectivity index (χ0) is 9.14. The van der Waals surface area contributed by atoms with Crippen molar-refractivity contribution in [3.63, 3.8) is 0 Å². The Morgan fingerprint density at radius 2 is 2.42 bits per heavy atom. The number of aliphatic hydroxyl groups excluding tert-OH is 1. The van der Waals surface area contributed by atoms with Gasteiger partial charge in [0.15, 0.2) is 16.6 Å². The molecule has 0 atom stereocenters. The van der Waals surface area contributed by atoms with Crippen LogP contribution in [0.3, 0.4) is 0 Å². The van der Waals surface area contributed by atoms with E-state index >= 15 is 0 Å². The van der Waals surface area contributed by atoms with Gasteiger partial charge in [0.25, 0.3) is 0 Å². The van der Waals surface area contributed by atoms with Gasteiger partial charge in [-0.3, -0.25) is 0 Å². The standard InChI is InChI=1S/C7H7ClN2O2/c1-12-7-5(11)3-2-4(10-9)6(7)8/h3,11H,2H2,1H3. The van der Waals surface area contributed by atoms with Crippen molar-refractivity contribution in [2.24, 2.45) is 0 Å². The third kappa shape index (κ3) is 1.35. The minimum atomic E-state index is -0.0325. The molecule has 1 aliphatic carbocycles. The Morgan fingerprint density at radius 1 is 1.75 bits per heavy atom. The number of aliphatic hydroxyl groups is 1. The molecule has 0 aromatic rings. The lowest BCUT2D eigenvalue weighted by atomic mass is 10.1. The summed E-state index contributed by atoms with van der Waals surface area (Å²) < 4.78 is 4.79. The second-order valence-electron chi connectivity index (χ2n) is 2.19. The highest BCUT2D eigenvalue weighted by molar-refractivity contribution is 6.43. The molecule has 4 nitrogen and oxygen atoms in total. The van der Waals surface area contributed by atoms with Crippen LogP contribution in [-0.2, 0) is 4.74 Å². The Hall–Kier alpha value is -1.25. The quantitative estimate of drug-likeness (QED) is 0.499. The van der Waals surface area contributed by atoms with Crippen LogP contribution in [0.25, 0.3) is 5.53 Å². The number of hydrogen-bond donors (Lipinski definition) is 1. The first-order chi connectivity index (χ1) is 5.70. The van der Waals surface area contributed by atoms with Crippen molar-refractivity contribution >= 4 is 17.3 Å². The van der Waals surface area contributed by atoms with Crippen molar-refractivity contribution in [3.8, 4) is 0 Å². The van der Waals surface area contributed by atoms with E-state index in [4.69, 9.17) is 21.9 Å². The van der Waals surface area contributed by atoms with Gasteiger partial charge < -0.3 is 15.4 Å². The molecule has 5 heteroatoms. The molecule has 0 saturated heterocycles. The summed E-state index contributed by atoms with van der Waals surface area (Å²) in [6.07, 6.45) is 1.76. The molecule has 0 aliphatic heterocycles. The largest absolute Gasteiger partial charge is 0.504 e. The van der Waals surface area contributed by atoms with Gasteiger partial charge in [0.05, 0.1) is 13.5 Å². The van der Waals surface area contributed by atoms with E-state index in [-0.39, 0.29) is 22.3 Å². The molecule has 12 heavy (non-hydrogen) atoms. The molecular weight excluding hydrogens is 180 g/mol. The molecule has 0 heterocycles. The van der Waals surface area contributed by atoms with E-state index in [0.29, 0.717) is 6.42 Å². The maximum absolute atomic E-state index is 9.21. The topological polar surface area (TPSA) is 65.9 Å².